The summed E-state index contributed by atoms with van der Waals surface area (Å²) in [6.07, 6.45) is 9.47. The molecule has 0 amide bonds. The number of fused-ring (bicyclic) bond motifs is 1. The lowest BCUT2D eigenvalue weighted by Crippen LogP contribution is -2.31. The summed E-state index contributed by atoms with van der Waals surface area (Å²) in [7, 11) is 1.57. The van der Waals surface area contributed by atoms with Crippen molar-refractivity contribution in [2.75, 3.05) is 13.7 Å². The molecule has 138 valence electrons. The lowest BCUT2D eigenvalue weighted by atomic mass is 9.88. The number of phenolic OH excluding ortho intramolecular Hbond substituents is 1. The second kappa shape index (κ2) is 7.62. The average molecular weight is 353 g/mol. The van der Waals surface area contributed by atoms with Gasteiger partial charge in [0.1, 0.15) is 5.82 Å². The zero-order chi connectivity index (χ0) is 17.9. The maximum Gasteiger partial charge on any atom is 0.160 e. The number of nitrogens with zero attached hydrogens (tertiary/aromatic N) is 3. The summed E-state index contributed by atoms with van der Waals surface area (Å²) in [5.74, 6) is 2.31. The number of aromatic nitrogens is 2. The molecule has 0 unspecified atom stereocenters. The minimum absolute atomic E-state index is 0.198. The van der Waals surface area contributed by atoms with Gasteiger partial charge in [0.2, 0.25) is 0 Å². The molecule has 2 aliphatic rings. The second-order valence-electron chi connectivity index (χ2n) is 7.50. The number of phenols is 1. The fourth-order valence-corrected chi connectivity index (χ4v) is 4.16. The van der Waals surface area contributed by atoms with Crippen LogP contribution in [0.5, 0.6) is 11.5 Å². The van der Waals surface area contributed by atoms with Crippen molar-refractivity contribution in [3.05, 3.63) is 47.0 Å². The van der Waals surface area contributed by atoms with E-state index >= 15 is 0 Å². The van der Waals surface area contributed by atoms with Crippen LogP contribution in [0.1, 0.15) is 60.7 Å². The van der Waals surface area contributed by atoms with Crippen molar-refractivity contribution >= 4 is 0 Å². The standard InChI is InChI=1S/C21H27N3O2/c1-26-20-8-7-15(11-19(20)25)13-24-10-9-17-12-22-21(23-18(17)14-24)16-5-3-2-4-6-16/h7-8,11-12,16,25H,2-6,9-10,13-14H2,1H3. The van der Waals surface area contributed by atoms with Gasteiger partial charge in [0.05, 0.1) is 12.8 Å². The molecule has 1 aliphatic heterocycles. The molecular formula is C21H27N3O2. The molecule has 0 atom stereocenters. The zero-order valence-corrected chi connectivity index (χ0v) is 15.4. The second-order valence-corrected chi connectivity index (χ2v) is 7.50. The molecule has 1 aromatic heterocycles. The topological polar surface area (TPSA) is 58.5 Å². The quantitative estimate of drug-likeness (QED) is 0.906. The number of ether oxygens (including phenoxy) is 1. The van der Waals surface area contributed by atoms with Crippen LogP contribution >= 0.6 is 0 Å². The maximum absolute atomic E-state index is 10.00. The van der Waals surface area contributed by atoms with Crippen LogP contribution < -0.4 is 4.74 Å². The SMILES string of the molecule is COc1ccc(CN2CCc3cnc(C4CCCCC4)nc3C2)cc1O. The van der Waals surface area contributed by atoms with Crippen LogP contribution in [0.15, 0.2) is 24.4 Å². The third kappa shape index (κ3) is 3.68. The first-order valence-electron chi connectivity index (χ1n) is 9.66. The van der Waals surface area contributed by atoms with Crippen molar-refractivity contribution in [1.29, 1.82) is 0 Å². The third-order valence-corrected chi connectivity index (χ3v) is 5.66. The molecule has 1 aromatic carbocycles. The molecule has 1 saturated carbocycles. The summed E-state index contributed by atoms with van der Waals surface area (Å²) in [5.41, 5.74) is 3.57. The van der Waals surface area contributed by atoms with Crippen molar-refractivity contribution in [2.24, 2.45) is 0 Å². The van der Waals surface area contributed by atoms with E-state index in [2.05, 4.69) is 16.1 Å². The first-order valence-corrected chi connectivity index (χ1v) is 9.66. The Morgan fingerprint density at radius 2 is 2.08 bits per heavy atom. The van der Waals surface area contributed by atoms with Gasteiger partial charge >= 0.3 is 0 Å². The van der Waals surface area contributed by atoms with E-state index in [1.807, 2.05) is 12.1 Å². The Labute approximate surface area is 155 Å². The average Bonchev–Trinajstić information content (AvgIpc) is 2.68. The fourth-order valence-electron chi connectivity index (χ4n) is 4.16. The Morgan fingerprint density at radius 3 is 2.85 bits per heavy atom. The molecule has 0 spiro atoms. The molecule has 5 heteroatoms. The van der Waals surface area contributed by atoms with Gasteiger partial charge < -0.3 is 9.84 Å². The molecule has 0 saturated heterocycles. The van der Waals surface area contributed by atoms with Crippen LogP contribution in [-0.4, -0.2) is 33.6 Å². The summed E-state index contributed by atoms with van der Waals surface area (Å²) in [4.78, 5) is 12.0. The molecule has 2 heterocycles. The molecular weight excluding hydrogens is 326 g/mol. The highest BCUT2D eigenvalue weighted by atomic mass is 16.5. The number of hydrogen-bond acceptors (Lipinski definition) is 5. The normalized spacial score (nSPS) is 18.5. The largest absolute Gasteiger partial charge is 0.504 e. The van der Waals surface area contributed by atoms with E-state index in [4.69, 9.17) is 9.72 Å². The van der Waals surface area contributed by atoms with Gasteiger partial charge in [-0.25, -0.2) is 9.97 Å². The fraction of sp³-hybridized carbons (Fsp3) is 0.524. The highest BCUT2D eigenvalue weighted by Crippen LogP contribution is 2.32. The first-order chi connectivity index (χ1) is 12.7. The first kappa shape index (κ1) is 17.3. The lowest BCUT2D eigenvalue weighted by molar-refractivity contribution is 0.239. The van der Waals surface area contributed by atoms with Crippen LogP contribution in [-0.2, 0) is 19.5 Å². The zero-order valence-electron chi connectivity index (χ0n) is 15.4. The van der Waals surface area contributed by atoms with Gasteiger partial charge in [-0.15, -0.1) is 0 Å². The van der Waals surface area contributed by atoms with Crippen molar-refractivity contribution in [3.63, 3.8) is 0 Å². The maximum atomic E-state index is 10.00. The predicted molar refractivity (Wildman–Crippen MR) is 100 cm³/mol. The summed E-state index contributed by atoms with van der Waals surface area (Å²) < 4.78 is 5.13. The third-order valence-electron chi connectivity index (χ3n) is 5.66. The number of methoxy groups -OCH3 is 1. The molecule has 2 aromatic rings. The van der Waals surface area contributed by atoms with E-state index in [9.17, 15) is 5.11 Å². The lowest BCUT2D eigenvalue weighted by Gasteiger charge is -2.29. The Morgan fingerprint density at radius 1 is 1.23 bits per heavy atom. The monoisotopic (exact) mass is 353 g/mol. The molecule has 0 radical (unpaired) electrons. The Balaban J connectivity index is 1.47. The molecule has 1 fully saturated rings. The number of rotatable bonds is 4. The summed E-state index contributed by atoms with van der Waals surface area (Å²) in [6.45, 7) is 2.65. The minimum atomic E-state index is 0.198. The van der Waals surface area contributed by atoms with Crippen LogP contribution in [0.3, 0.4) is 0 Å². The number of aromatic hydroxyl groups is 1. The summed E-state index contributed by atoms with van der Waals surface area (Å²) in [5, 5.41) is 10.00. The Kier molecular flexibility index (Phi) is 5.07. The highest BCUT2D eigenvalue weighted by molar-refractivity contribution is 5.41. The molecule has 1 N–H and O–H groups in total. The van der Waals surface area contributed by atoms with Crippen molar-refractivity contribution < 1.29 is 9.84 Å². The van der Waals surface area contributed by atoms with Crippen LogP contribution in [0.2, 0.25) is 0 Å². The Bertz CT molecular complexity index is 772. The van der Waals surface area contributed by atoms with Crippen molar-refractivity contribution in [1.82, 2.24) is 14.9 Å². The van der Waals surface area contributed by atoms with E-state index in [1.165, 1.54) is 43.4 Å². The van der Waals surface area contributed by atoms with Crippen LogP contribution in [0.4, 0.5) is 0 Å². The van der Waals surface area contributed by atoms with Gasteiger partial charge in [-0.05, 0) is 42.5 Å². The summed E-state index contributed by atoms with van der Waals surface area (Å²) >= 11 is 0. The van der Waals surface area contributed by atoms with Gasteiger partial charge in [0, 0.05) is 31.7 Å². The minimum Gasteiger partial charge on any atom is -0.504 e. The van der Waals surface area contributed by atoms with E-state index in [-0.39, 0.29) is 5.75 Å². The van der Waals surface area contributed by atoms with Crippen LogP contribution in [0.25, 0.3) is 0 Å². The molecule has 4 rings (SSSR count). The van der Waals surface area contributed by atoms with Gasteiger partial charge in [-0.2, -0.15) is 0 Å². The van der Waals surface area contributed by atoms with Gasteiger partial charge in [-0.3, -0.25) is 4.90 Å². The van der Waals surface area contributed by atoms with E-state index in [1.54, 1.807) is 13.2 Å². The molecule has 1 aliphatic carbocycles. The highest BCUT2D eigenvalue weighted by Gasteiger charge is 2.23. The van der Waals surface area contributed by atoms with Crippen molar-refractivity contribution in [2.45, 2.75) is 57.5 Å². The number of hydrogen-bond donors (Lipinski definition) is 1. The Hall–Kier alpha value is -2.14. The van der Waals surface area contributed by atoms with Gasteiger partial charge in [-0.1, -0.05) is 25.3 Å². The number of benzene rings is 1. The molecule has 0 bridgehead atoms. The van der Waals surface area contributed by atoms with Crippen molar-refractivity contribution in [3.8, 4) is 11.5 Å². The van der Waals surface area contributed by atoms with Gasteiger partial charge in [0.15, 0.2) is 11.5 Å². The van der Waals surface area contributed by atoms with E-state index in [0.29, 0.717) is 11.7 Å². The predicted octanol–water partition coefficient (Wildman–Crippen LogP) is 3.80. The molecule has 5 nitrogen and oxygen atoms in total. The van der Waals surface area contributed by atoms with E-state index in [0.717, 1.165) is 37.4 Å². The summed E-state index contributed by atoms with van der Waals surface area (Å²) in [6, 6.07) is 5.63. The van der Waals surface area contributed by atoms with E-state index < -0.39 is 0 Å². The van der Waals surface area contributed by atoms with Crippen LogP contribution in [0, 0.1) is 0 Å². The van der Waals surface area contributed by atoms with Gasteiger partial charge in [0.25, 0.3) is 0 Å². The smallest absolute Gasteiger partial charge is 0.160 e. The molecule has 26 heavy (non-hydrogen) atoms.